The first-order valence-electron chi connectivity index (χ1n) is 11.1. The number of nitrogens with zero attached hydrogens (tertiary/aromatic N) is 6. The lowest BCUT2D eigenvalue weighted by molar-refractivity contribution is -0.130. The molecule has 0 unspecified atom stereocenters. The molecule has 0 spiro atoms. The van der Waals surface area contributed by atoms with E-state index < -0.39 is 15.8 Å². The number of halogens is 1. The number of benzene rings is 2. The Morgan fingerprint density at radius 3 is 2.47 bits per heavy atom. The van der Waals surface area contributed by atoms with E-state index in [0.29, 0.717) is 6.04 Å². The second kappa shape index (κ2) is 9.11. The third-order valence-electron chi connectivity index (χ3n) is 6.00. The van der Waals surface area contributed by atoms with Crippen molar-refractivity contribution in [3.05, 3.63) is 54.3 Å². The van der Waals surface area contributed by atoms with Crippen LogP contribution in [-0.4, -0.2) is 76.5 Å². The van der Waals surface area contributed by atoms with Gasteiger partial charge in [-0.25, -0.2) is 17.5 Å². The van der Waals surface area contributed by atoms with Gasteiger partial charge in [-0.2, -0.15) is 4.31 Å². The fourth-order valence-electron chi connectivity index (χ4n) is 3.93. The molecule has 2 aromatic carbocycles. The van der Waals surface area contributed by atoms with Crippen molar-refractivity contribution >= 4 is 21.6 Å². The van der Waals surface area contributed by atoms with Crippen LogP contribution in [0.3, 0.4) is 0 Å². The Morgan fingerprint density at radius 2 is 1.79 bits per heavy atom. The van der Waals surface area contributed by atoms with E-state index in [2.05, 4.69) is 20.8 Å². The molecule has 1 aliphatic carbocycles. The highest BCUT2D eigenvalue weighted by molar-refractivity contribution is 7.89. The summed E-state index contributed by atoms with van der Waals surface area (Å²) in [4.78, 5) is 14.2. The van der Waals surface area contributed by atoms with E-state index in [1.807, 2.05) is 28.9 Å². The van der Waals surface area contributed by atoms with Gasteiger partial charge in [-0.15, -0.1) is 5.10 Å². The van der Waals surface area contributed by atoms with Crippen molar-refractivity contribution in [3.63, 3.8) is 0 Å². The number of amides is 1. The van der Waals surface area contributed by atoms with Crippen molar-refractivity contribution in [2.24, 2.45) is 0 Å². The minimum Gasteiger partial charge on any atom is -0.376 e. The Labute approximate surface area is 196 Å². The quantitative estimate of drug-likeness (QED) is 0.543. The molecular formula is C22H24FN7O3S. The Hall–Kier alpha value is -3.38. The van der Waals surface area contributed by atoms with Gasteiger partial charge in [0, 0.05) is 37.4 Å². The van der Waals surface area contributed by atoms with Gasteiger partial charge >= 0.3 is 0 Å². The van der Waals surface area contributed by atoms with Gasteiger partial charge in [-0.3, -0.25) is 4.79 Å². The van der Waals surface area contributed by atoms with Crippen molar-refractivity contribution in [3.8, 4) is 11.4 Å². The molecule has 0 bridgehead atoms. The highest BCUT2D eigenvalue weighted by Crippen LogP contribution is 2.36. The topological polar surface area (TPSA) is 113 Å². The minimum absolute atomic E-state index is 0.0800. The van der Waals surface area contributed by atoms with Gasteiger partial charge in [-0.05, 0) is 65.7 Å². The maximum atomic E-state index is 13.5. The number of carbonyl (C=O) groups is 1. The van der Waals surface area contributed by atoms with E-state index in [1.165, 1.54) is 22.5 Å². The molecule has 2 fully saturated rings. The molecule has 1 amide bonds. The second-order valence-electron chi connectivity index (χ2n) is 8.35. The maximum Gasteiger partial charge on any atom is 0.243 e. The van der Waals surface area contributed by atoms with E-state index in [1.54, 1.807) is 4.90 Å². The third kappa shape index (κ3) is 4.64. The first kappa shape index (κ1) is 22.4. The van der Waals surface area contributed by atoms with Crippen LogP contribution in [0.4, 0.5) is 10.1 Å². The Bertz CT molecular complexity index is 1280. The van der Waals surface area contributed by atoms with Gasteiger partial charge < -0.3 is 10.2 Å². The van der Waals surface area contributed by atoms with Gasteiger partial charge in [0.25, 0.3) is 0 Å². The fourth-order valence-corrected chi connectivity index (χ4v) is 5.38. The summed E-state index contributed by atoms with van der Waals surface area (Å²) in [5.41, 5.74) is 1.69. The number of aromatic nitrogens is 4. The molecule has 2 aliphatic rings. The molecular weight excluding hydrogens is 461 g/mol. The molecule has 178 valence electrons. The number of sulfonamides is 1. The van der Waals surface area contributed by atoms with Gasteiger partial charge in [0.1, 0.15) is 5.82 Å². The van der Waals surface area contributed by atoms with Crippen LogP contribution in [0.15, 0.2) is 53.4 Å². The van der Waals surface area contributed by atoms with Gasteiger partial charge in [-0.1, -0.05) is 6.07 Å². The molecule has 5 rings (SSSR count). The molecule has 0 atom stereocenters. The van der Waals surface area contributed by atoms with Crippen molar-refractivity contribution in [2.45, 2.75) is 23.8 Å². The van der Waals surface area contributed by atoms with Crippen molar-refractivity contribution in [1.82, 2.24) is 29.4 Å². The number of rotatable bonds is 7. The molecule has 12 heteroatoms. The van der Waals surface area contributed by atoms with Gasteiger partial charge in [0.15, 0.2) is 5.82 Å². The van der Waals surface area contributed by atoms with Crippen molar-refractivity contribution < 1.29 is 17.6 Å². The normalized spacial score (nSPS) is 17.0. The van der Waals surface area contributed by atoms with Crippen LogP contribution in [0, 0.1) is 5.82 Å². The van der Waals surface area contributed by atoms with E-state index >= 15 is 0 Å². The molecule has 1 saturated heterocycles. The van der Waals surface area contributed by atoms with E-state index in [-0.39, 0.29) is 43.5 Å². The molecule has 1 saturated carbocycles. The monoisotopic (exact) mass is 485 g/mol. The summed E-state index contributed by atoms with van der Waals surface area (Å²) in [6, 6.07) is 12.9. The van der Waals surface area contributed by atoms with Gasteiger partial charge in [0.2, 0.25) is 15.9 Å². The zero-order chi connectivity index (χ0) is 23.7. The van der Waals surface area contributed by atoms with E-state index in [0.717, 1.165) is 36.0 Å². The summed E-state index contributed by atoms with van der Waals surface area (Å²) < 4.78 is 42.0. The van der Waals surface area contributed by atoms with E-state index in [4.69, 9.17) is 0 Å². The number of nitrogens with one attached hydrogen (secondary N) is 1. The summed E-state index contributed by atoms with van der Waals surface area (Å²) in [6.07, 6.45) is 2.18. The van der Waals surface area contributed by atoms with Crippen molar-refractivity contribution in [2.75, 3.05) is 38.0 Å². The summed E-state index contributed by atoms with van der Waals surface area (Å²) in [5, 5.41) is 15.1. The molecule has 2 heterocycles. The summed E-state index contributed by atoms with van der Waals surface area (Å²) in [7, 11) is -3.79. The van der Waals surface area contributed by atoms with Gasteiger partial charge in [0.05, 0.1) is 17.5 Å². The maximum absolute atomic E-state index is 13.5. The largest absolute Gasteiger partial charge is 0.376 e. The molecule has 1 N–H and O–H groups in total. The summed E-state index contributed by atoms with van der Waals surface area (Å²) >= 11 is 0. The Kier molecular flexibility index (Phi) is 6.00. The Balaban J connectivity index is 1.14. The highest BCUT2D eigenvalue weighted by atomic mass is 32.2. The van der Waals surface area contributed by atoms with Crippen LogP contribution in [-0.2, 0) is 14.8 Å². The average molecular weight is 486 g/mol. The molecule has 10 nitrogen and oxygen atoms in total. The van der Waals surface area contributed by atoms with Crippen LogP contribution in [0.2, 0.25) is 0 Å². The van der Waals surface area contributed by atoms with Crippen LogP contribution in [0.1, 0.15) is 18.9 Å². The third-order valence-corrected chi connectivity index (χ3v) is 7.89. The summed E-state index contributed by atoms with van der Waals surface area (Å²) in [6.45, 7) is 0.968. The lowest BCUT2D eigenvalue weighted by Gasteiger charge is -2.34. The van der Waals surface area contributed by atoms with Crippen molar-refractivity contribution in [1.29, 1.82) is 0 Å². The van der Waals surface area contributed by atoms with E-state index in [9.17, 15) is 17.6 Å². The fraction of sp³-hybridized carbons (Fsp3) is 0.364. The van der Waals surface area contributed by atoms with Crippen LogP contribution in [0.25, 0.3) is 11.4 Å². The van der Waals surface area contributed by atoms with Crippen LogP contribution in [0.5, 0.6) is 0 Å². The first-order valence-corrected chi connectivity index (χ1v) is 12.5. The number of hydrogen-bond donors (Lipinski definition) is 1. The molecule has 1 aromatic heterocycles. The average Bonchev–Trinajstić information content (AvgIpc) is 3.59. The number of hydrogen-bond acceptors (Lipinski definition) is 7. The summed E-state index contributed by atoms with van der Waals surface area (Å²) in [5.74, 6) is 0.0104. The second-order valence-corrected chi connectivity index (χ2v) is 10.3. The number of anilines is 1. The first-order chi connectivity index (χ1) is 16.4. The molecule has 3 aromatic rings. The van der Waals surface area contributed by atoms with Crippen LogP contribution >= 0.6 is 0 Å². The zero-order valence-corrected chi connectivity index (χ0v) is 19.2. The standard InChI is InChI=1S/C22H24FN7O3S/c23-17-2-1-3-20(14-17)34(32,33)29-12-10-28(11-13-29)21(31)15-24-18-6-4-16(5-7-18)22-25-26-27-30(22)19-8-9-19/h1-7,14,19,24H,8-13,15H2. The minimum atomic E-state index is -3.79. The predicted molar refractivity (Wildman–Crippen MR) is 122 cm³/mol. The smallest absolute Gasteiger partial charge is 0.243 e. The SMILES string of the molecule is O=C(CNc1ccc(-c2nnnn2C2CC2)cc1)N1CCN(S(=O)(=O)c2cccc(F)c2)CC1. The number of carbonyl (C=O) groups excluding carboxylic acids is 1. The van der Waals surface area contributed by atoms with Crippen LogP contribution < -0.4 is 5.32 Å². The predicted octanol–water partition coefficient (Wildman–Crippen LogP) is 1.76. The molecule has 1 aliphatic heterocycles. The zero-order valence-electron chi connectivity index (χ0n) is 18.3. The Morgan fingerprint density at radius 1 is 1.06 bits per heavy atom. The lowest BCUT2D eigenvalue weighted by atomic mass is 10.2. The number of tetrazole rings is 1. The highest BCUT2D eigenvalue weighted by Gasteiger charge is 2.30. The lowest BCUT2D eigenvalue weighted by Crippen LogP contribution is -2.51. The molecule has 34 heavy (non-hydrogen) atoms. The number of piperazine rings is 1. The molecule has 0 radical (unpaired) electrons.